The smallest absolute Gasteiger partial charge is 0.423 e. The van der Waals surface area contributed by atoms with E-state index in [9.17, 15) is 9.59 Å². The number of nitrogens with two attached hydrogens (primary N) is 1. The fourth-order valence-electron chi connectivity index (χ4n) is 5.07. The monoisotopic (exact) mass is 542 g/mol. The topological polar surface area (TPSA) is 104 Å². The predicted molar refractivity (Wildman–Crippen MR) is 147 cm³/mol. The van der Waals surface area contributed by atoms with Crippen LogP contribution in [0.3, 0.4) is 0 Å². The number of fused-ring (bicyclic) bond motifs is 2. The van der Waals surface area contributed by atoms with Crippen LogP contribution in [-0.2, 0) is 22.4 Å². The fourth-order valence-corrected chi connectivity index (χ4v) is 6.12. The molecule has 3 aromatic rings. The van der Waals surface area contributed by atoms with E-state index in [0.717, 1.165) is 56.1 Å². The first-order chi connectivity index (χ1) is 17.9. The van der Waals surface area contributed by atoms with Crippen LogP contribution in [0.5, 0.6) is 0 Å². The lowest BCUT2D eigenvalue weighted by Gasteiger charge is -2.35. The third-order valence-corrected chi connectivity index (χ3v) is 8.18. The second-order valence-corrected chi connectivity index (χ2v) is 11.0. The molecular weight excluding hydrogens is 512 g/mol. The molecule has 2 aliphatic rings. The molecule has 0 saturated carbocycles. The summed E-state index contributed by atoms with van der Waals surface area (Å²) in [5.74, 6) is 6.01. The highest BCUT2D eigenvalue weighted by Gasteiger charge is 2.37. The highest BCUT2D eigenvalue weighted by molar-refractivity contribution is 7.13. The summed E-state index contributed by atoms with van der Waals surface area (Å²) >= 11 is 8.24. The van der Waals surface area contributed by atoms with Crippen molar-refractivity contribution in [3.8, 4) is 0 Å². The van der Waals surface area contributed by atoms with Gasteiger partial charge < -0.3 is 9.64 Å². The van der Waals surface area contributed by atoms with E-state index in [-0.39, 0.29) is 18.2 Å². The Balaban J connectivity index is 1.23. The van der Waals surface area contributed by atoms with Crippen LogP contribution in [0.2, 0.25) is 5.02 Å². The number of anilines is 2. The average molecular weight is 543 g/mol. The summed E-state index contributed by atoms with van der Waals surface area (Å²) in [5, 5.41) is 1.83. The minimum absolute atomic E-state index is 0.127. The minimum Gasteiger partial charge on any atom is -0.424 e. The zero-order valence-electron chi connectivity index (χ0n) is 20.9. The summed E-state index contributed by atoms with van der Waals surface area (Å²) in [6, 6.07) is 12.2. The van der Waals surface area contributed by atoms with Crippen molar-refractivity contribution in [1.82, 2.24) is 14.7 Å². The fraction of sp³-hybridized carbons (Fsp3) is 0.423. The SMILES string of the molecule is CC(C)C(OC(=O)NN)N1C(=O)Cc2cc(CCN3CCN(c4nsc5ccccc45)CC3)c(Cl)cc21. The van der Waals surface area contributed by atoms with Gasteiger partial charge >= 0.3 is 6.09 Å². The lowest BCUT2D eigenvalue weighted by molar-refractivity contribution is -0.119. The molecule has 2 aliphatic heterocycles. The van der Waals surface area contributed by atoms with Gasteiger partial charge in [0.25, 0.3) is 0 Å². The number of halogens is 1. The Kier molecular flexibility index (Phi) is 7.52. The zero-order chi connectivity index (χ0) is 26.1. The maximum absolute atomic E-state index is 12.9. The van der Waals surface area contributed by atoms with Crippen molar-refractivity contribution in [3.63, 3.8) is 0 Å². The lowest BCUT2D eigenvalue weighted by Crippen LogP contribution is -2.47. The Morgan fingerprint density at radius 3 is 2.70 bits per heavy atom. The molecule has 1 aromatic heterocycles. The maximum atomic E-state index is 12.9. The van der Waals surface area contributed by atoms with E-state index in [1.54, 1.807) is 11.5 Å². The van der Waals surface area contributed by atoms with Crippen LogP contribution in [0.15, 0.2) is 36.4 Å². The Bertz CT molecular complexity index is 1310. The number of hydrogen-bond donors (Lipinski definition) is 2. The van der Waals surface area contributed by atoms with Crippen LogP contribution >= 0.6 is 23.1 Å². The van der Waals surface area contributed by atoms with Gasteiger partial charge in [-0.25, -0.2) is 10.6 Å². The first-order valence-electron chi connectivity index (χ1n) is 12.5. The molecule has 1 saturated heterocycles. The molecule has 2 aromatic carbocycles. The van der Waals surface area contributed by atoms with Gasteiger partial charge in [-0.3, -0.25) is 20.0 Å². The Labute approximate surface area is 225 Å². The van der Waals surface area contributed by atoms with E-state index in [1.807, 2.05) is 31.4 Å². The summed E-state index contributed by atoms with van der Waals surface area (Å²) in [4.78, 5) is 31.0. The van der Waals surface area contributed by atoms with Gasteiger partial charge in [0.15, 0.2) is 6.23 Å². The van der Waals surface area contributed by atoms with E-state index in [2.05, 4.69) is 34.1 Å². The van der Waals surface area contributed by atoms with Gasteiger partial charge in [0.2, 0.25) is 5.91 Å². The van der Waals surface area contributed by atoms with Gasteiger partial charge in [-0.1, -0.05) is 43.6 Å². The van der Waals surface area contributed by atoms with Crippen molar-refractivity contribution in [2.45, 2.75) is 32.9 Å². The van der Waals surface area contributed by atoms with Crippen LogP contribution in [0, 0.1) is 5.92 Å². The average Bonchev–Trinajstić information content (AvgIpc) is 3.46. The van der Waals surface area contributed by atoms with Crippen LogP contribution in [0.1, 0.15) is 25.0 Å². The number of ether oxygens (including phenoxy) is 1. The number of nitrogens with zero attached hydrogens (tertiary/aromatic N) is 4. The molecule has 1 atom stereocenters. The van der Waals surface area contributed by atoms with Gasteiger partial charge in [-0.15, -0.1) is 0 Å². The molecule has 0 spiro atoms. The first-order valence-corrected chi connectivity index (χ1v) is 13.6. The van der Waals surface area contributed by atoms with Gasteiger partial charge in [0.05, 0.1) is 16.8 Å². The number of rotatable bonds is 7. The van der Waals surface area contributed by atoms with E-state index in [4.69, 9.17) is 26.6 Å². The Morgan fingerprint density at radius 2 is 1.97 bits per heavy atom. The molecule has 196 valence electrons. The van der Waals surface area contributed by atoms with E-state index < -0.39 is 12.3 Å². The number of carbonyl (C=O) groups is 2. The van der Waals surface area contributed by atoms with Gasteiger partial charge in [-0.05, 0) is 47.3 Å². The third kappa shape index (κ3) is 5.24. The summed E-state index contributed by atoms with van der Waals surface area (Å²) < 4.78 is 11.3. The highest BCUT2D eigenvalue weighted by atomic mass is 35.5. The molecule has 37 heavy (non-hydrogen) atoms. The molecule has 9 nitrogen and oxygen atoms in total. The van der Waals surface area contributed by atoms with Gasteiger partial charge in [0.1, 0.15) is 5.82 Å². The van der Waals surface area contributed by atoms with E-state index in [0.29, 0.717) is 10.7 Å². The molecule has 2 amide bonds. The van der Waals surface area contributed by atoms with Crippen molar-refractivity contribution in [3.05, 3.63) is 52.5 Å². The molecule has 0 aliphatic carbocycles. The second kappa shape index (κ2) is 10.8. The molecule has 0 bridgehead atoms. The van der Waals surface area contributed by atoms with Crippen molar-refractivity contribution in [2.75, 3.05) is 42.5 Å². The zero-order valence-corrected chi connectivity index (χ0v) is 22.5. The molecular formula is C26H31ClN6O3S. The lowest BCUT2D eigenvalue weighted by atomic mass is 10.0. The quantitative estimate of drug-likeness (QED) is 0.266. The number of benzene rings is 2. The summed E-state index contributed by atoms with van der Waals surface area (Å²) in [5.41, 5.74) is 4.56. The molecule has 1 fully saturated rings. The van der Waals surface area contributed by atoms with Crippen LogP contribution in [-0.4, -0.2) is 60.2 Å². The third-order valence-electron chi connectivity index (χ3n) is 7.02. The summed E-state index contributed by atoms with van der Waals surface area (Å²) in [6.45, 7) is 8.42. The first kappa shape index (κ1) is 25.7. The minimum atomic E-state index is -0.786. The number of hydrogen-bond acceptors (Lipinski definition) is 8. The maximum Gasteiger partial charge on any atom is 0.423 e. The molecule has 3 heterocycles. The van der Waals surface area contributed by atoms with Crippen molar-refractivity contribution in [1.29, 1.82) is 0 Å². The molecule has 1 unspecified atom stereocenters. The molecule has 3 N–H and O–H groups in total. The van der Waals surface area contributed by atoms with Crippen LogP contribution in [0.4, 0.5) is 16.3 Å². The normalized spacial score (nSPS) is 16.9. The van der Waals surface area contributed by atoms with E-state index in [1.165, 1.54) is 15.0 Å². The molecule has 0 radical (unpaired) electrons. The number of nitrogens with one attached hydrogen (secondary N) is 1. The standard InChI is InChI=1S/C26H31ClN6O3S/c1-16(2)25(36-26(35)29-28)33-21-15-20(27)17(13-18(21)14-23(33)34)7-8-31-9-11-32(12-10-31)24-19-5-3-4-6-22(19)37-30-24/h3-6,13,15-16,25H,7-12,14,28H2,1-2H3,(H,29,35). The number of aromatic nitrogens is 1. The van der Waals surface area contributed by atoms with Crippen LogP contribution < -0.4 is 21.1 Å². The number of carbonyl (C=O) groups excluding carboxylic acids is 2. The Morgan fingerprint density at radius 1 is 1.22 bits per heavy atom. The van der Waals surface area contributed by atoms with Gasteiger partial charge in [-0.2, -0.15) is 4.37 Å². The summed E-state index contributed by atoms with van der Waals surface area (Å²) in [7, 11) is 0. The predicted octanol–water partition coefficient (Wildman–Crippen LogP) is 3.79. The number of amides is 2. The van der Waals surface area contributed by atoms with E-state index >= 15 is 0 Å². The number of hydrazine groups is 1. The number of piperazine rings is 1. The van der Waals surface area contributed by atoms with Crippen LogP contribution in [0.25, 0.3) is 10.1 Å². The Hall–Kier alpha value is -2.92. The van der Waals surface area contributed by atoms with Crippen molar-refractivity contribution in [2.24, 2.45) is 11.8 Å². The molecule has 11 heteroatoms. The highest BCUT2D eigenvalue weighted by Crippen LogP contribution is 2.37. The van der Waals surface area contributed by atoms with Crippen molar-refractivity contribution >= 4 is 56.7 Å². The molecule has 5 rings (SSSR count). The summed E-state index contributed by atoms with van der Waals surface area (Å²) in [6.07, 6.45) is -0.521. The second-order valence-electron chi connectivity index (χ2n) is 9.78. The van der Waals surface area contributed by atoms with Gasteiger partial charge in [0, 0.05) is 49.1 Å². The van der Waals surface area contributed by atoms with Crippen molar-refractivity contribution < 1.29 is 14.3 Å². The largest absolute Gasteiger partial charge is 0.424 e.